The van der Waals surface area contributed by atoms with Gasteiger partial charge in [-0.1, -0.05) is 6.92 Å². The summed E-state index contributed by atoms with van der Waals surface area (Å²) in [7, 11) is -0.777. The largest absolute Gasteiger partial charge is 0.369 e. The summed E-state index contributed by atoms with van der Waals surface area (Å²) in [5, 5.41) is 0. The number of nitrogens with one attached hydrogen (secondary N) is 1. The van der Waals surface area contributed by atoms with E-state index in [1.54, 1.807) is 0 Å². The highest BCUT2D eigenvalue weighted by atomic mass is 32.2. The van der Waals surface area contributed by atoms with Gasteiger partial charge in [-0.2, -0.15) is 0 Å². The second kappa shape index (κ2) is 6.11. The smallest absolute Gasteiger partial charge is 0.203 e. The van der Waals surface area contributed by atoms with Crippen molar-refractivity contribution in [3.8, 4) is 0 Å². The first kappa shape index (κ1) is 10.4. The maximum absolute atomic E-state index is 10.8. The maximum Gasteiger partial charge on any atom is 0.203 e. The van der Waals surface area contributed by atoms with Gasteiger partial charge in [-0.15, -0.1) is 0 Å². The normalized spacial score (nSPS) is 14.5. The molecule has 0 spiro atoms. The van der Waals surface area contributed by atoms with E-state index in [9.17, 15) is 4.21 Å². The van der Waals surface area contributed by atoms with Crippen LogP contribution in [0.2, 0.25) is 0 Å². The minimum Gasteiger partial charge on any atom is -0.369 e. The van der Waals surface area contributed by atoms with Crippen molar-refractivity contribution in [3.05, 3.63) is 0 Å². The summed E-state index contributed by atoms with van der Waals surface area (Å²) in [6.07, 6.45) is 0. The first-order chi connectivity index (χ1) is 5.20. The van der Waals surface area contributed by atoms with E-state index in [-0.39, 0.29) is 5.96 Å². The Labute approximate surface area is 68.7 Å². The Kier molecular flexibility index (Phi) is 5.77. The van der Waals surface area contributed by atoms with Gasteiger partial charge in [0.25, 0.3) is 0 Å². The fourth-order valence-electron chi connectivity index (χ4n) is 0.458. The molecule has 0 bridgehead atoms. The van der Waals surface area contributed by atoms with Crippen molar-refractivity contribution >= 4 is 16.8 Å². The molecule has 0 fully saturated rings. The number of guanidine groups is 1. The van der Waals surface area contributed by atoms with Gasteiger partial charge < -0.3 is 5.73 Å². The Morgan fingerprint density at radius 1 is 1.73 bits per heavy atom. The standard InChI is InChI=1S/C5H14N4OS/c1-2-11(10)4-3-8-5(6)9-7/h2-4,7H2,1H3,(H3,6,8,9). The topological polar surface area (TPSA) is 93.5 Å². The number of aliphatic imine (C=N–C) groups is 1. The molecular formula is C5H14N4OS. The van der Waals surface area contributed by atoms with Crippen LogP contribution in [-0.2, 0) is 10.8 Å². The van der Waals surface area contributed by atoms with Crippen molar-refractivity contribution in [2.24, 2.45) is 16.6 Å². The third-order valence-electron chi connectivity index (χ3n) is 1.07. The molecule has 11 heavy (non-hydrogen) atoms. The van der Waals surface area contributed by atoms with Gasteiger partial charge in [0.2, 0.25) is 5.96 Å². The van der Waals surface area contributed by atoms with E-state index in [0.29, 0.717) is 18.1 Å². The van der Waals surface area contributed by atoms with Crippen LogP contribution in [0.5, 0.6) is 0 Å². The zero-order valence-corrected chi connectivity index (χ0v) is 7.36. The van der Waals surface area contributed by atoms with E-state index >= 15 is 0 Å². The van der Waals surface area contributed by atoms with Gasteiger partial charge >= 0.3 is 0 Å². The minimum atomic E-state index is -0.777. The lowest BCUT2D eigenvalue weighted by Crippen LogP contribution is -2.37. The molecule has 1 atom stereocenters. The van der Waals surface area contributed by atoms with Crippen LogP contribution in [0.4, 0.5) is 0 Å². The van der Waals surface area contributed by atoms with Crippen molar-refractivity contribution in [3.63, 3.8) is 0 Å². The summed E-state index contributed by atoms with van der Waals surface area (Å²) in [6.45, 7) is 2.32. The number of nitrogens with zero attached hydrogens (tertiary/aromatic N) is 1. The molecule has 0 aliphatic rings. The number of hydrazine groups is 1. The zero-order valence-electron chi connectivity index (χ0n) is 6.54. The van der Waals surface area contributed by atoms with Crippen LogP contribution < -0.4 is 17.0 Å². The fraction of sp³-hybridized carbons (Fsp3) is 0.800. The monoisotopic (exact) mass is 178 g/mol. The third kappa shape index (κ3) is 5.81. The van der Waals surface area contributed by atoms with Crippen molar-refractivity contribution in [2.45, 2.75) is 6.92 Å². The van der Waals surface area contributed by atoms with E-state index in [4.69, 9.17) is 11.6 Å². The molecule has 0 saturated carbocycles. The average Bonchev–Trinajstić information content (AvgIpc) is 2.04. The Morgan fingerprint density at radius 3 is 2.82 bits per heavy atom. The quantitative estimate of drug-likeness (QED) is 0.212. The molecular weight excluding hydrogens is 164 g/mol. The molecule has 5 nitrogen and oxygen atoms in total. The molecule has 0 radical (unpaired) electrons. The molecule has 1 unspecified atom stereocenters. The van der Waals surface area contributed by atoms with E-state index in [2.05, 4.69) is 10.4 Å². The van der Waals surface area contributed by atoms with E-state index in [1.807, 2.05) is 6.92 Å². The number of hydrogen-bond donors (Lipinski definition) is 3. The van der Waals surface area contributed by atoms with Crippen LogP contribution in [-0.4, -0.2) is 28.2 Å². The van der Waals surface area contributed by atoms with Gasteiger partial charge in [-0.3, -0.25) is 14.6 Å². The van der Waals surface area contributed by atoms with Gasteiger partial charge in [-0.25, -0.2) is 5.84 Å². The molecule has 0 saturated heterocycles. The molecule has 0 heterocycles. The highest BCUT2D eigenvalue weighted by Gasteiger charge is 1.93. The molecule has 0 aliphatic heterocycles. The summed E-state index contributed by atoms with van der Waals surface area (Å²) in [6, 6.07) is 0. The third-order valence-corrected chi connectivity index (χ3v) is 2.35. The zero-order chi connectivity index (χ0) is 8.69. The Balaban J connectivity index is 3.48. The molecule has 66 valence electrons. The summed E-state index contributed by atoms with van der Waals surface area (Å²) in [4.78, 5) is 3.80. The van der Waals surface area contributed by atoms with Crippen molar-refractivity contribution in [1.82, 2.24) is 5.43 Å². The summed E-state index contributed by atoms with van der Waals surface area (Å²) in [5.41, 5.74) is 7.40. The molecule has 0 rings (SSSR count). The van der Waals surface area contributed by atoms with Gasteiger partial charge in [-0.05, 0) is 0 Å². The van der Waals surface area contributed by atoms with Crippen LogP contribution in [0.15, 0.2) is 4.99 Å². The van der Waals surface area contributed by atoms with Crippen molar-refractivity contribution in [1.29, 1.82) is 0 Å². The van der Waals surface area contributed by atoms with Gasteiger partial charge in [0.15, 0.2) is 0 Å². The number of nitrogens with two attached hydrogens (primary N) is 2. The van der Waals surface area contributed by atoms with Crippen LogP contribution in [0.25, 0.3) is 0 Å². The molecule has 0 amide bonds. The predicted octanol–water partition coefficient (Wildman–Crippen LogP) is -1.47. The molecule has 6 heteroatoms. The molecule has 0 aromatic heterocycles. The summed E-state index contributed by atoms with van der Waals surface area (Å²) >= 11 is 0. The van der Waals surface area contributed by atoms with E-state index in [0.717, 1.165) is 0 Å². The molecule has 0 aromatic rings. The van der Waals surface area contributed by atoms with Gasteiger partial charge in [0, 0.05) is 22.3 Å². The lowest BCUT2D eigenvalue weighted by molar-refractivity contribution is 0.683. The van der Waals surface area contributed by atoms with Crippen LogP contribution in [0.3, 0.4) is 0 Å². The molecule has 0 aliphatic carbocycles. The fourth-order valence-corrected chi connectivity index (χ4v) is 1.04. The number of hydrogen-bond acceptors (Lipinski definition) is 3. The second-order valence-corrected chi connectivity index (χ2v) is 3.71. The van der Waals surface area contributed by atoms with Gasteiger partial charge in [0.1, 0.15) is 0 Å². The highest BCUT2D eigenvalue weighted by molar-refractivity contribution is 7.84. The highest BCUT2D eigenvalue weighted by Crippen LogP contribution is 1.81. The second-order valence-electron chi connectivity index (χ2n) is 1.84. The average molecular weight is 178 g/mol. The Hall–Kier alpha value is -0.620. The SMILES string of the molecule is CCS(=O)CCN=C(N)NN. The van der Waals surface area contributed by atoms with E-state index < -0.39 is 10.8 Å². The summed E-state index contributed by atoms with van der Waals surface area (Å²) in [5.74, 6) is 6.32. The number of rotatable bonds is 4. The van der Waals surface area contributed by atoms with E-state index in [1.165, 1.54) is 0 Å². The van der Waals surface area contributed by atoms with Crippen molar-refractivity contribution in [2.75, 3.05) is 18.1 Å². The first-order valence-electron chi connectivity index (χ1n) is 3.32. The minimum absolute atomic E-state index is 0.179. The van der Waals surface area contributed by atoms with Crippen molar-refractivity contribution < 1.29 is 4.21 Å². The first-order valence-corrected chi connectivity index (χ1v) is 4.81. The Bertz CT molecular complexity index is 159. The molecule has 5 N–H and O–H groups in total. The predicted molar refractivity (Wildman–Crippen MR) is 47.4 cm³/mol. The lowest BCUT2D eigenvalue weighted by Gasteiger charge is -1.97. The Morgan fingerprint density at radius 2 is 2.36 bits per heavy atom. The molecule has 0 aromatic carbocycles. The lowest BCUT2D eigenvalue weighted by atomic mass is 10.8. The van der Waals surface area contributed by atoms with Gasteiger partial charge in [0.05, 0.1) is 6.54 Å². The van der Waals surface area contributed by atoms with Crippen LogP contribution >= 0.6 is 0 Å². The maximum atomic E-state index is 10.8. The van der Waals surface area contributed by atoms with Crippen LogP contribution in [0, 0.1) is 0 Å². The summed E-state index contributed by atoms with van der Waals surface area (Å²) < 4.78 is 10.8. The van der Waals surface area contributed by atoms with Crippen LogP contribution in [0.1, 0.15) is 6.92 Å².